The van der Waals surface area contributed by atoms with Gasteiger partial charge >= 0.3 is 0 Å². The maximum Gasteiger partial charge on any atom is 0.172 e. The van der Waals surface area contributed by atoms with Crippen molar-refractivity contribution in [2.75, 3.05) is 11.4 Å². The van der Waals surface area contributed by atoms with Gasteiger partial charge in [0.25, 0.3) is 0 Å². The topological polar surface area (TPSA) is 61.9 Å². The van der Waals surface area contributed by atoms with Crippen LogP contribution in [0.3, 0.4) is 0 Å². The molecule has 4 nitrogen and oxygen atoms in total. The van der Waals surface area contributed by atoms with Crippen molar-refractivity contribution in [3.8, 4) is 0 Å². The lowest BCUT2D eigenvalue weighted by molar-refractivity contribution is 0.318. The van der Waals surface area contributed by atoms with Gasteiger partial charge < -0.3 is 15.8 Å². The molecule has 1 atom stereocenters. The third kappa shape index (κ3) is 2.83. The third-order valence-corrected chi connectivity index (χ3v) is 3.96. The molecule has 1 aromatic rings. The van der Waals surface area contributed by atoms with Gasteiger partial charge in [-0.2, -0.15) is 0 Å². The van der Waals surface area contributed by atoms with E-state index in [4.69, 9.17) is 10.9 Å². The van der Waals surface area contributed by atoms with E-state index in [-0.39, 0.29) is 5.84 Å². The van der Waals surface area contributed by atoms with E-state index in [0.29, 0.717) is 6.04 Å². The molecule has 1 aliphatic rings. The molecule has 3 N–H and O–H groups in total. The lowest BCUT2D eigenvalue weighted by Crippen LogP contribution is -2.35. The van der Waals surface area contributed by atoms with Gasteiger partial charge in [0.15, 0.2) is 5.84 Å². The number of amidine groups is 1. The van der Waals surface area contributed by atoms with E-state index in [1.54, 1.807) is 0 Å². The molecular formula is C15H23N3O. The van der Waals surface area contributed by atoms with Crippen LogP contribution in [0.5, 0.6) is 0 Å². The number of nitrogens with zero attached hydrogens (tertiary/aromatic N) is 2. The maximum absolute atomic E-state index is 8.97. The van der Waals surface area contributed by atoms with Crippen molar-refractivity contribution >= 4 is 11.5 Å². The molecule has 1 unspecified atom stereocenters. The van der Waals surface area contributed by atoms with Crippen molar-refractivity contribution in [2.24, 2.45) is 10.9 Å². The van der Waals surface area contributed by atoms with E-state index in [0.717, 1.165) is 17.8 Å². The molecule has 0 bridgehead atoms. The molecule has 1 aromatic carbocycles. The molecule has 0 saturated carbocycles. The van der Waals surface area contributed by atoms with Crippen LogP contribution in [-0.4, -0.2) is 23.6 Å². The van der Waals surface area contributed by atoms with Gasteiger partial charge in [0.2, 0.25) is 0 Å². The van der Waals surface area contributed by atoms with Crippen LogP contribution < -0.4 is 10.6 Å². The van der Waals surface area contributed by atoms with Crippen LogP contribution in [-0.2, 0) is 0 Å². The zero-order valence-electron chi connectivity index (χ0n) is 11.8. The van der Waals surface area contributed by atoms with Crippen LogP contribution >= 0.6 is 0 Å². The van der Waals surface area contributed by atoms with Gasteiger partial charge in [-0.05, 0) is 38.3 Å². The van der Waals surface area contributed by atoms with Crippen molar-refractivity contribution in [1.29, 1.82) is 0 Å². The summed E-state index contributed by atoms with van der Waals surface area (Å²) in [4.78, 5) is 2.41. The summed E-state index contributed by atoms with van der Waals surface area (Å²) in [5.41, 5.74) is 8.95. The fraction of sp³-hybridized carbons (Fsp3) is 0.533. The molecular weight excluding hydrogens is 238 g/mol. The maximum atomic E-state index is 8.97. The molecule has 1 saturated heterocycles. The van der Waals surface area contributed by atoms with Gasteiger partial charge in [0, 0.05) is 18.2 Å². The first-order valence-electron chi connectivity index (χ1n) is 6.99. The quantitative estimate of drug-likeness (QED) is 0.372. The molecule has 2 rings (SSSR count). The minimum atomic E-state index is 0.190. The summed E-state index contributed by atoms with van der Waals surface area (Å²) >= 11 is 0. The molecule has 0 aromatic heterocycles. The van der Waals surface area contributed by atoms with Crippen LogP contribution in [0.1, 0.15) is 43.7 Å². The number of hydrogen-bond acceptors (Lipinski definition) is 3. The Labute approximate surface area is 114 Å². The Balaban J connectivity index is 2.47. The average Bonchev–Trinajstić information content (AvgIpc) is 2.62. The summed E-state index contributed by atoms with van der Waals surface area (Å²) in [6, 6.07) is 6.46. The first-order valence-corrected chi connectivity index (χ1v) is 6.99. The Morgan fingerprint density at radius 2 is 2.16 bits per heavy atom. The zero-order chi connectivity index (χ0) is 13.8. The SMILES string of the molecule is Cc1cccc(/C(N)=N/O)c1N1CCCCCC1C. The lowest BCUT2D eigenvalue weighted by Gasteiger charge is -2.32. The highest BCUT2D eigenvalue weighted by Gasteiger charge is 2.22. The predicted molar refractivity (Wildman–Crippen MR) is 79.0 cm³/mol. The van der Waals surface area contributed by atoms with Crippen LogP contribution in [0.25, 0.3) is 0 Å². The van der Waals surface area contributed by atoms with E-state index in [1.165, 1.54) is 31.2 Å². The van der Waals surface area contributed by atoms with Crippen molar-refractivity contribution in [2.45, 2.75) is 45.6 Å². The van der Waals surface area contributed by atoms with E-state index in [9.17, 15) is 0 Å². The average molecular weight is 261 g/mol. The summed E-state index contributed by atoms with van der Waals surface area (Å²) in [5.74, 6) is 0.190. The van der Waals surface area contributed by atoms with Crippen LogP contribution in [0, 0.1) is 6.92 Å². The molecule has 0 radical (unpaired) electrons. The highest BCUT2D eigenvalue weighted by molar-refractivity contribution is 6.02. The van der Waals surface area contributed by atoms with E-state index >= 15 is 0 Å². The van der Waals surface area contributed by atoms with Crippen molar-refractivity contribution in [3.05, 3.63) is 29.3 Å². The monoisotopic (exact) mass is 261 g/mol. The Morgan fingerprint density at radius 3 is 2.89 bits per heavy atom. The van der Waals surface area contributed by atoms with Gasteiger partial charge in [-0.15, -0.1) is 0 Å². The van der Waals surface area contributed by atoms with Crippen LogP contribution in [0.2, 0.25) is 0 Å². The number of hydrogen-bond donors (Lipinski definition) is 2. The normalized spacial score (nSPS) is 21.3. The Morgan fingerprint density at radius 1 is 1.37 bits per heavy atom. The minimum Gasteiger partial charge on any atom is -0.409 e. The zero-order valence-corrected chi connectivity index (χ0v) is 11.8. The molecule has 19 heavy (non-hydrogen) atoms. The summed E-state index contributed by atoms with van der Waals surface area (Å²) in [6.45, 7) is 5.38. The van der Waals surface area contributed by atoms with Gasteiger partial charge in [0.05, 0.1) is 5.69 Å². The number of anilines is 1. The van der Waals surface area contributed by atoms with Gasteiger partial charge in [-0.25, -0.2) is 0 Å². The highest BCUT2D eigenvalue weighted by atomic mass is 16.4. The minimum absolute atomic E-state index is 0.190. The second-order valence-corrected chi connectivity index (χ2v) is 5.35. The first-order chi connectivity index (χ1) is 9.15. The standard InChI is InChI=1S/C15H23N3O/c1-11-7-6-9-13(15(16)17-19)14(11)18-10-5-3-4-8-12(18)2/h6-7,9,12,19H,3-5,8,10H2,1-2H3,(H2,16,17). The number of benzene rings is 1. The molecule has 0 amide bonds. The summed E-state index contributed by atoms with van der Waals surface area (Å²) < 4.78 is 0. The molecule has 4 heteroatoms. The number of rotatable bonds is 2. The number of nitrogens with two attached hydrogens (primary N) is 1. The molecule has 1 heterocycles. The Bertz CT molecular complexity index is 470. The van der Waals surface area contributed by atoms with Crippen molar-refractivity contribution in [1.82, 2.24) is 0 Å². The van der Waals surface area contributed by atoms with Gasteiger partial charge in [0.1, 0.15) is 0 Å². The van der Waals surface area contributed by atoms with E-state index < -0.39 is 0 Å². The Kier molecular flexibility index (Phi) is 4.30. The van der Waals surface area contributed by atoms with Crippen LogP contribution in [0.4, 0.5) is 5.69 Å². The molecule has 0 spiro atoms. The highest BCUT2D eigenvalue weighted by Crippen LogP contribution is 2.30. The smallest absolute Gasteiger partial charge is 0.172 e. The number of aryl methyl sites for hydroxylation is 1. The lowest BCUT2D eigenvalue weighted by atomic mass is 10.0. The van der Waals surface area contributed by atoms with Crippen molar-refractivity contribution in [3.63, 3.8) is 0 Å². The van der Waals surface area contributed by atoms with Crippen molar-refractivity contribution < 1.29 is 5.21 Å². The Hall–Kier alpha value is -1.71. The third-order valence-electron chi connectivity index (χ3n) is 3.96. The predicted octanol–water partition coefficient (Wildman–Crippen LogP) is 2.86. The number of para-hydroxylation sites is 1. The summed E-state index contributed by atoms with van der Waals surface area (Å²) in [7, 11) is 0. The molecule has 0 aliphatic carbocycles. The second-order valence-electron chi connectivity index (χ2n) is 5.35. The van der Waals surface area contributed by atoms with Gasteiger partial charge in [-0.3, -0.25) is 0 Å². The molecule has 1 fully saturated rings. The largest absolute Gasteiger partial charge is 0.409 e. The number of oxime groups is 1. The first kappa shape index (κ1) is 13.7. The van der Waals surface area contributed by atoms with Gasteiger partial charge in [-0.1, -0.05) is 30.1 Å². The fourth-order valence-corrected chi connectivity index (χ4v) is 2.91. The molecule has 104 valence electrons. The summed E-state index contributed by atoms with van der Waals surface area (Å²) in [5, 5.41) is 12.1. The van der Waals surface area contributed by atoms with E-state index in [2.05, 4.69) is 30.0 Å². The second kappa shape index (κ2) is 5.95. The van der Waals surface area contributed by atoms with E-state index in [1.807, 2.05) is 12.1 Å². The summed E-state index contributed by atoms with van der Waals surface area (Å²) in [6.07, 6.45) is 4.96. The molecule has 1 aliphatic heterocycles. The van der Waals surface area contributed by atoms with Crippen LogP contribution in [0.15, 0.2) is 23.4 Å². The fourth-order valence-electron chi connectivity index (χ4n) is 2.91.